The van der Waals surface area contributed by atoms with Gasteiger partial charge in [0.2, 0.25) is 11.8 Å². The Labute approximate surface area is 431 Å². The summed E-state index contributed by atoms with van der Waals surface area (Å²) in [6, 6.07) is 1.82. The van der Waals surface area contributed by atoms with Crippen molar-refractivity contribution >= 4 is 47.1 Å². The second-order valence-corrected chi connectivity index (χ2v) is 15.9. The highest BCUT2D eigenvalue weighted by molar-refractivity contribution is 6.14. The zero-order valence-electron chi connectivity index (χ0n) is 42.6. The van der Waals surface area contributed by atoms with Crippen LogP contribution in [0.25, 0.3) is 17.2 Å². The molecule has 2 aromatic heterocycles. The molecule has 0 aromatic carbocycles. The van der Waals surface area contributed by atoms with E-state index in [1.54, 1.807) is 24.7 Å². The number of amidine groups is 1. The molecule has 2 aromatic rings. The summed E-state index contributed by atoms with van der Waals surface area (Å²) in [5.74, 6) is -1.17. The Bertz CT molecular complexity index is 2050. The number of hydrogen-bond donors (Lipinski definition) is 3. The van der Waals surface area contributed by atoms with Crippen LogP contribution in [0.4, 0.5) is 5.69 Å². The molecule has 0 spiro atoms. The van der Waals surface area contributed by atoms with Gasteiger partial charge in [0, 0.05) is 73.4 Å². The van der Waals surface area contributed by atoms with E-state index in [2.05, 4.69) is 30.6 Å². The molecule has 4 N–H and O–H groups in total. The first kappa shape index (κ1) is 60.8. The molecule has 0 radical (unpaired) electrons. The molecule has 74 heavy (non-hydrogen) atoms. The predicted molar refractivity (Wildman–Crippen MR) is 266 cm³/mol. The highest BCUT2D eigenvalue weighted by Gasteiger charge is 2.26. The van der Waals surface area contributed by atoms with Crippen LogP contribution in [0.2, 0.25) is 0 Å². The molecule has 0 bridgehead atoms. The van der Waals surface area contributed by atoms with Crippen LogP contribution < -0.4 is 16.4 Å². The molecule has 5 amide bonds. The number of nitrogens with one attached hydrogen (secondary N) is 2. The van der Waals surface area contributed by atoms with E-state index in [4.69, 9.17) is 57.9 Å². The monoisotopic (exact) mass is 1040 g/mol. The summed E-state index contributed by atoms with van der Waals surface area (Å²) in [6.45, 7) is 12.7. The van der Waals surface area contributed by atoms with E-state index in [1.807, 2.05) is 19.9 Å². The fourth-order valence-electron chi connectivity index (χ4n) is 6.47. The third-order valence-electron chi connectivity index (χ3n) is 10.1. The largest absolute Gasteiger partial charge is 0.387 e. The SMILES string of the molecule is CCCN(OCC)C(=O)C1=Cc2ncc(-c3cnc(CNC(=O)CCOCCOCCOCCOCCOCCOCCOCCOCCOCCOCCNC(=O)CN4C(=O)C=CC4=O)nc3)cc2N=C(N)C1. The van der Waals surface area contributed by atoms with Crippen molar-refractivity contribution in [2.75, 3.05) is 158 Å². The number of amides is 5. The minimum atomic E-state index is -0.500. The number of pyridine rings is 1. The van der Waals surface area contributed by atoms with Crippen LogP contribution in [0.15, 0.2) is 47.4 Å². The number of imide groups is 1. The van der Waals surface area contributed by atoms with E-state index < -0.39 is 17.7 Å². The normalized spacial score (nSPS) is 13.2. The van der Waals surface area contributed by atoms with E-state index in [0.29, 0.717) is 160 Å². The Balaban J connectivity index is 0.848. The van der Waals surface area contributed by atoms with Gasteiger partial charge in [0.05, 0.1) is 157 Å². The molecule has 4 rings (SSSR count). The predicted octanol–water partition coefficient (Wildman–Crippen LogP) is 0.718. The van der Waals surface area contributed by atoms with Crippen molar-refractivity contribution in [3.63, 3.8) is 0 Å². The third kappa shape index (κ3) is 25.5. The summed E-state index contributed by atoms with van der Waals surface area (Å²) < 4.78 is 54.8. The summed E-state index contributed by atoms with van der Waals surface area (Å²) >= 11 is 0. The molecule has 4 heterocycles. The number of carbonyl (C=O) groups is 5. The molecule has 2 aliphatic heterocycles. The van der Waals surface area contributed by atoms with E-state index in [-0.39, 0.29) is 63.3 Å². The van der Waals surface area contributed by atoms with Crippen LogP contribution in [0.1, 0.15) is 44.6 Å². The van der Waals surface area contributed by atoms with Gasteiger partial charge in [-0.25, -0.2) is 20.0 Å². The number of aromatic nitrogens is 3. The number of aliphatic imine (C=N–C) groups is 1. The van der Waals surface area contributed by atoms with Gasteiger partial charge in [-0.15, -0.1) is 0 Å². The van der Waals surface area contributed by atoms with Crippen LogP contribution in [-0.4, -0.2) is 219 Å². The van der Waals surface area contributed by atoms with E-state index in [0.717, 1.165) is 29.0 Å². The summed E-state index contributed by atoms with van der Waals surface area (Å²) in [6.07, 6.45) is 10.0. The van der Waals surface area contributed by atoms with Crippen LogP contribution in [0.5, 0.6) is 0 Å². The van der Waals surface area contributed by atoms with E-state index >= 15 is 0 Å². The van der Waals surface area contributed by atoms with Gasteiger partial charge in [-0.05, 0) is 25.5 Å². The Morgan fingerprint density at radius 2 is 1.09 bits per heavy atom. The Kier molecular flexibility index (Phi) is 31.2. The number of nitrogens with zero attached hydrogens (tertiary/aromatic N) is 6. The van der Waals surface area contributed by atoms with Gasteiger partial charge in [-0.1, -0.05) is 6.92 Å². The maximum atomic E-state index is 13.2. The van der Waals surface area contributed by atoms with Crippen molar-refractivity contribution < 1.29 is 76.2 Å². The summed E-state index contributed by atoms with van der Waals surface area (Å²) in [5.41, 5.74) is 9.10. The van der Waals surface area contributed by atoms with Crippen LogP contribution in [-0.2, 0) is 82.7 Å². The molecular formula is C49H73N9O16. The second kappa shape index (κ2) is 37.9. The summed E-state index contributed by atoms with van der Waals surface area (Å²) in [4.78, 5) is 84.5. The number of ether oxygens (including phenoxy) is 10. The lowest BCUT2D eigenvalue weighted by molar-refractivity contribution is -0.180. The molecule has 0 saturated heterocycles. The minimum Gasteiger partial charge on any atom is -0.387 e. The van der Waals surface area contributed by atoms with Crippen molar-refractivity contribution in [3.8, 4) is 11.1 Å². The van der Waals surface area contributed by atoms with Gasteiger partial charge in [0.15, 0.2) is 0 Å². The fourth-order valence-corrected chi connectivity index (χ4v) is 6.47. The van der Waals surface area contributed by atoms with Gasteiger partial charge in [0.25, 0.3) is 17.7 Å². The van der Waals surface area contributed by atoms with Crippen LogP contribution >= 0.6 is 0 Å². The second-order valence-electron chi connectivity index (χ2n) is 15.9. The van der Waals surface area contributed by atoms with Crippen molar-refractivity contribution in [1.29, 1.82) is 0 Å². The smallest absolute Gasteiger partial charge is 0.273 e. The van der Waals surface area contributed by atoms with Crippen LogP contribution in [0, 0.1) is 0 Å². The molecule has 25 heteroatoms. The Morgan fingerprint density at radius 1 is 0.622 bits per heavy atom. The van der Waals surface area contributed by atoms with Gasteiger partial charge >= 0.3 is 0 Å². The van der Waals surface area contributed by atoms with Crippen molar-refractivity contribution in [1.82, 2.24) is 35.5 Å². The third-order valence-corrected chi connectivity index (χ3v) is 10.1. The molecule has 2 aliphatic rings. The van der Waals surface area contributed by atoms with Gasteiger partial charge in [0.1, 0.15) is 18.2 Å². The first-order valence-electron chi connectivity index (χ1n) is 24.8. The zero-order valence-corrected chi connectivity index (χ0v) is 42.6. The van der Waals surface area contributed by atoms with Crippen LogP contribution in [0.3, 0.4) is 0 Å². The number of nitrogens with two attached hydrogens (primary N) is 1. The first-order chi connectivity index (χ1) is 36.2. The number of fused-ring (bicyclic) bond motifs is 1. The van der Waals surface area contributed by atoms with Crippen molar-refractivity contribution in [2.45, 2.75) is 39.7 Å². The van der Waals surface area contributed by atoms with Crippen molar-refractivity contribution in [3.05, 3.63) is 53.9 Å². The lowest BCUT2D eigenvalue weighted by Gasteiger charge is -2.21. The molecule has 410 valence electrons. The maximum Gasteiger partial charge on any atom is 0.273 e. The van der Waals surface area contributed by atoms with E-state index in [1.165, 1.54) is 5.06 Å². The highest BCUT2D eigenvalue weighted by Crippen LogP contribution is 2.30. The number of hydroxylamine groups is 2. The summed E-state index contributed by atoms with van der Waals surface area (Å²) in [5, 5.41) is 6.74. The van der Waals surface area contributed by atoms with Crippen molar-refractivity contribution in [2.24, 2.45) is 10.7 Å². The molecule has 0 atom stereocenters. The first-order valence-corrected chi connectivity index (χ1v) is 24.8. The molecule has 0 fully saturated rings. The van der Waals surface area contributed by atoms with Gasteiger partial charge in [-0.3, -0.25) is 38.7 Å². The molecule has 0 saturated carbocycles. The molecular weight excluding hydrogens is 971 g/mol. The number of hydrogen-bond acceptors (Lipinski definition) is 21. The standard InChI is InChI=1S/C49H73N9O16/c1-3-9-58(74-4-2)49(63)38-30-41-42(56-43(50)32-38)31-39(33-52-41)40-34-53-44(54-35-40)36-55-45(59)7-10-64-12-14-66-16-18-68-20-22-70-24-26-72-28-29-73-27-25-71-23-21-69-19-17-67-15-13-65-11-8-51-46(60)37-57-47(61)5-6-48(57)62/h5-6,30-31,33-35H,3-4,7-29,32,36-37H2,1-2H3,(H2,50,56)(H,51,60)(H,55,59). The lowest BCUT2D eigenvalue weighted by Crippen LogP contribution is -2.41. The maximum absolute atomic E-state index is 13.2. The Hall–Kier alpha value is -5.71. The molecule has 25 nitrogen and oxygen atoms in total. The minimum absolute atomic E-state index is 0.156. The highest BCUT2D eigenvalue weighted by atomic mass is 16.7. The average molecular weight is 1040 g/mol. The summed E-state index contributed by atoms with van der Waals surface area (Å²) in [7, 11) is 0. The van der Waals surface area contributed by atoms with Gasteiger partial charge in [-0.2, -0.15) is 0 Å². The Morgan fingerprint density at radius 3 is 1.58 bits per heavy atom. The lowest BCUT2D eigenvalue weighted by atomic mass is 10.1. The number of rotatable bonds is 43. The zero-order chi connectivity index (χ0) is 52.9. The quantitative estimate of drug-likeness (QED) is 0.0468. The molecule has 0 aliphatic carbocycles. The topological polar surface area (TPSA) is 294 Å². The molecule has 0 unspecified atom stereocenters. The average Bonchev–Trinajstić information content (AvgIpc) is 3.60. The van der Waals surface area contributed by atoms with E-state index in [9.17, 15) is 24.0 Å². The number of carbonyl (C=O) groups excluding carboxylic acids is 5. The fraction of sp³-hybridized carbons (Fsp3) is 0.612. The van der Waals surface area contributed by atoms with Gasteiger partial charge < -0.3 is 63.7 Å².